The number of nitrogens with zero attached hydrogens (tertiary/aromatic N) is 4. The van der Waals surface area contributed by atoms with Crippen molar-refractivity contribution in [3.8, 4) is 0 Å². The van der Waals surface area contributed by atoms with Gasteiger partial charge in [0.25, 0.3) is 0 Å². The highest BCUT2D eigenvalue weighted by atomic mass is 16.5. The van der Waals surface area contributed by atoms with E-state index >= 15 is 0 Å². The smallest absolute Gasteiger partial charge is 0.224 e. The van der Waals surface area contributed by atoms with Gasteiger partial charge in [0, 0.05) is 27.3 Å². The predicted molar refractivity (Wildman–Crippen MR) is 69.9 cm³/mol. The minimum Gasteiger partial charge on any atom is -0.377 e. The summed E-state index contributed by atoms with van der Waals surface area (Å²) in [4.78, 5) is 10.5. The maximum absolute atomic E-state index is 5.73. The Morgan fingerprint density at radius 3 is 2.58 bits per heavy atom. The molecule has 1 aliphatic rings. The molecule has 0 aromatic carbocycles. The van der Waals surface area contributed by atoms with Gasteiger partial charge < -0.3 is 20.1 Å². The lowest BCUT2D eigenvalue weighted by molar-refractivity contribution is -0.00461. The van der Waals surface area contributed by atoms with Crippen LogP contribution in [0.3, 0.4) is 0 Å². The van der Waals surface area contributed by atoms with E-state index in [-0.39, 0.29) is 18.2 Å². The van der Waals surface area contributed by atoms with Gasteiger partial charge in [-0.15, -0.1) is 0 Å². The van der Waals surface area contributed by atoms with Crippen LogP contribution >= 0.6 is 0 Å². The molecule has 3 rings (SSSR count). The first-order chi connectivity index (χ1) is 9.22. The van der Waals surface area contributed by atoms with Crippen LogP contribution < -0.4 is 10.6 Å². The molecule has 102 valence electrons. The predicted octanol–water partition coefficient (Wildman–Crippen LogP) is -0.215. The van der Waals surface area contributed by atoms with Crippen LogP contribution in [0.1, 0.15) is 0 Å². The molecule has 3 N–H and O–H groups in total. The third-order valence-electron chi connectivity index (χ3n) is 3.43. The molecule has 1 fully saturated rings. The van der Waals surface area contributed by atoms with Gasteiger partial charge in [-0.05, 0) is 0 Å². The summed E-state index contributed by atoms with van der Waals surface area (Å²) in [6.07, 6.45) is 1.73. The number of nitrogens with two attached hydrogens (primary N) is 1. The van der Waals surface area contributed by atoms with Crippen LogP contribution in [-0.2, 0) is 9.47 Å². The number of nitrogen functional groups attached to an aromatic ring is 1. The van der Waals surface area contributed by atoms with E-state index in [4.69, 9.17) is 15.2 Å². The number of aromatic nitrogens is 4. The number of nitrogens with one attached hydrogen (secondary N) is 1. The van der Waals surface area contributed by atoms with Gasteiger partial charge in [-0.3, -0.25) is 5.10 Å². The van der Waals surface area contributed by atoms with Gasteiger partial charge >= 0.3 is 0 Å². The number of methoxy groups -OCH3 is 2. The van der Waals surface area contributed by atoms with E-state index < -0.39 is 0 Å². The fourth-order valence-electron chi connectivity index (χ4n) is 2.45. The average Bonchev–Trinajstić information content (AvgIpc) is 3.02. The molecule has 2 aromatic heterocycles. The first-order valence-corrected chi connectivity index (χ1v) is 6.00. The van der Waals surface area contributed by atoms with Gasteiger partial charge in [-0.1, -0.05) is 0 Å². The van der Waals surface area contributed by atoms with E-state index in [0.717, 1.165) is 11.2 Å². The van der Waals surface area contributed by atoms with Gasteiger partial charge in [0.2, 0.25) is 5.95 Å². The van der Waals surface area contributed by atoms with Crippen LogP contribution in [0.15, 0.2) is 6.20 Å². The normalized spacial score (nSPS) is 23.4. The second kappa shape index (κ2) is 4.63. The summed E-state index contributed by atoms with van der Waals surface area (Å²) >= 11 is 0. The molecular formula is C11H16N6O2. The van der Waals surface area contributed by atoms with E-state index in [2.05, 4.69) is 25.1 Å². The third-order valence-corrected chi connectivity index (χ3v) is 3.43. The molecule has 0 spiro atoms. The van der Waals surface area contributed by atoms with Crippen LogP contribution in [-0.4, -0.2) is 59.7 Å². The zero-order valence-corrected chi connectivity index (χ0v) is 10.8. The lowest BCUT2D eigenvalue weighted by Crippen LogP contribution is -2.27. The first kappa shape index (κ1) is 12.1. The Hall–Kier alpha value is -1.93. The lowest BCUT2D eigenvalue weighted by Gasteiger charge is -2.17. The summed E-state index contributed by atoms with van der Waals surface area (Å²) in [5, 5.41) is 7.63. The topological polar surface area (TPSA) is 102 Å². The summed E-state index contributed by atoms with van der Waals surface area (Å²) in [7, 11) is 3.37. The molecule has 2 atom stereocenters. The maximum Gasteiger partial charge on any atom is 0.224 e. The Bertz CT molecular complexity index is 574. The number of rotatable bonds is 3. The molecular weight excluding hydrogens is 248 g/mol. The van der Waals surface area contributed by atoms with Crippen molar-refractivity contribution in [1.29, 1.82) is 0 Å². The van der Waals surface area contributed by atoms with Crippen molar-refractivity contribution in [2.45, 2.75) is 12.2 Å². The van der Waals surface area contributed by atoms with Crippen molar-refractivity contribution in [2.24, 2.45) is 0 Å². The summed E-state index contributed by atoms with van der Waals surface area (Å²) in [6, 6.07) is 0. The SMILES string of the molecule is COC1CN(c2nc(N)nc3[nH]ncc23)CC1OC. The van der Waals surface area contributed by atoms with Gasteiger partial charge in [0.15, 0.2) is 5.65 Å². The molecule has 0 radical (unpaired) electrons. The minimum atomic E-state index is 0.0168. The van der Waals surface area contributed by atoms with Gasteiger partial charge in [0.05, 0.1) is 11.6 Å². The number of anilines is 2. The largest absolute Gasteiger partial charge is 0.377 e. The van der Waals surface area contributed by atoms with Crippen molar-refractivity contribution < 1.29 is 9.47 Å². The molecule has 2 aromatic rings. The lowest BCUT2D eigenvalue weighted by atomic mass is 10.3. The number of aromatic amines is 1. The van der Waals surface area contributed by atoms with Gasteiger partial charge in [0.1, 0.15) is 18.0 Å². The summed E-state index contributed by atoms with van der Waals surface area (Å²) in [5.41, 5.74) is 6.36. The molecule has 8 nitrogen and oxygen atoms in total. The quantitative estimate of drug-likeness (QED) is 0.790. The van der Waals surface area contributed by atoms with E-state index in [0.29, 0.717) is 18.7 Å². The zero-order valence-electron chi connectivity index (χ0n) is 10.8. The average molecular weight is 264 g/mol. The van der Waals surface area contributed by atoms with Crippen molar-refractivity contribution in [1.82, 2.24) is 20.2 Å². The maximum atomic E-state index is 5.73. The van der Waals surface area contributed by atoms with Crippen LogP contribution in [0.4, 0.5) is 11.8 Å². The Balaban J connectivity index is 1.99. The summed E-state index contributed by atoms with van der Waals surface area (Å²) in [5.74, 6) is 0.986. The fourth-order valence-corrected chi connectivity index (χ4v) is 2.45. The molecule has 3 heterocycles. The number of hydrogen-bond acceptors (Lipinski definition) is 7. The fraction of sp³-hybridized carbons (Fsp3) is 0.545. The van der Waals surface area contributed by atoms with Crippen molar-refractivity contribution in [3.05, 3.63) is 6.20 Å². The minimum absolute atomic E-state index is 0.0168. The third kappa shape index (κ3) is 1.98. The second-order valence-corrected chi connectivity index (χ2v) is 4.49. The van der Waals surface area contributed by atoms with Crippen molar-refractivity contribution in [3.63, 3.8) is 0 Å². The highest BCUT2D eigenvalue weighted by Crippen LogP contribution is 2.27. The standard InChI is InChI=1S/C11H16N6O2/c1-18-7-4-17(5-8(7)19-2)10-6-3-13-16-9(6)14-11(12)15-10/h3,7-8H,4-5H2,1-2H3,(H3,12,13,14,15,16). The van der Waals surface area contributed by atoms with E-state index in [9.17, 15) is 0 Å². The van der Waals surface area contributed by atoms with Crippen LogP contribution in [0.2, 0.25) is 0 Å². The highest BCUT2D eigenvalue weighted by molar-refractivity contribution is 5.87. The first-order valence-electron chi connectivity index (χ1n) is 6.00. The van der Waals surface area contributed by atoms with Crippen LogP contribution in [0.25, 0.3) is 11.0 Å². The van der Waals surface area contributed by atoms with Crippen LogP contribution in [0.5, 0.6) is 0 Å². The second-order valence-electron chi connectivity index (χ2n) is 4.49. The van der Waals surface area contributed by atoms with E-state index in [1.165, 1.54) is 0 Å². The number of ether oxygens (including phenoxy) is 2. The molecule has 0 bridgehead atoms. The molecule has 0 aliphatic carbocycles. The molecule has 0 saturated carbocycles. The van der Waals surface area contributed by atoms with Crippen molar-refractivity contribution >= 4 is 22.8 Å². The number of hydrogen-bond donors (Lipinski definition) is 2. The monoisotopic (exact) mass is 264 g/mol. The molecule has 1 aliphatic heterocycles. The molecule has 1 saturated heterocycles. The Kier molecular flexibility index (Phi) is 2.96. The summed E-state index contributed by atoms with van der Waals surface area (Å²) in [6.45, 7) is 1.40. The highest BCUT2D eigenvalue weighted by Gasteiger charge is 2.34. The van der Waals surface area contributed by atoms with Crippen LogP contribution in [0, 0.1) is 0 Å². The molecule has 19 heavy (non-hydrogen) atoms. The van der Waals surface area contributed by atoms with Gasteiger partial charge in [-0.25, -0.2) is 0 Å². The summed E-state index contributed by atoms with van der Waals surface area (Å²) < 4.78 is 10.9. The van der Waals surface area contributed by atoms with E-state index in [1.54, 1.807) is 20.4 Å². The van der Waals surface area contributed by atoms with Crippen molar-refractivity contribution in [2.75, 3.05) is 37.9 Å². The Morgan fingerprint density at radius 2 is 1.95 bits per heavy atom. The molecule has 2 unspecified atom stereocenters. The number of H-pyrrole nitrogens is 1. The Morgan fingerprint density at radius 1 is 1.26 bits per heavy atom. The number of fused-ring (bicyclic) bond motifs is 1. The van der Waals surface area contributed by atoms with E-state index in [1.807, 2.05) is 0 Å². The van der Waals surface area contributed by atoms with Gasteiger partial charge in [-0.2, -0.15) is 15.1 Å². The zero-order chi connectivity index (χ0) is 13.4. The molecule has 0 amide bonds. The molecule has 8 heteroatoms. The Labute approximate surface area is 109 Å².